The molecule has 2 heterocycles. The van der Waals surface area contributed by atoms with Crippen molar-refractivity contribution >= 4 is 68.9 Å². The zero-order valence-corrected chi connectivity index (χ0v) is 38.8. The Balaban J connectivity index is 1.23. The second-order valence-corrected chi connectivity index (χ2v) is 18.3. The minimum Gasteiger partial charge on any atom is -0.511 e. The van der Waals surface area contributed by atoms with Crippen LogP contribution in [0.15, 0.2) is 65.4 Å². The number of nitrogens with one attached hydrogen (secondary N) is 3. The highest BCUT2D eigenvalue weighted by molar-refractivity contribution is 6.34. The van der Waals surface area contributed by atoms with Crippen LogP contribution in [0.4, 0.5) is 17.1 Å². The van der Waals surface area contributed by atoms with E-state index in [2.05, 4.69) is 43.6 Å². The highest BCUT2D eigenvalue weighted by atomic mass is 16.6. The molecule has 348 valence electrons. The molecule has 0 spiro atoms. The van der Waals surface area contributed by atoms with Gasteiger partial charge < -0.3 is 35.3 Å². The molecule has 65 heavy (non-hydrogen) atoms. The minimum atomic E-state index is -1.28. The number of unbranched alkanes of at least 4 members (excludes halogenated alkanes) is 9. The number of aliphatic imine (C=N–C) groups is 1. The number of allylic oxidation sites excluding steroid dienone is 3. The second-order valence-electron chi connectivity index (χ2n) is 18.3. The van der Waals surface area contributed by atoms with Crippen molar-refractivity contribution in [2.24, 2.45) is 16.8 Å². The number of carbonyl (C=O) groups excluding carboxylic acids is 4. The van der Waals surface area contributed by atoms with E-state index in [1.807, 2.05) is 60.7 Å². The van der Waals surface area contributed by atoms with Gasteiger partial charge in [-0.1, -0.05) is 134 Å². The van der Waals surface area contributed by atoms with Gasteiger partial charge in [0.15, 0.2) is 17.1 Å². The second kappa shape index (κ2) is 21.6. The van der Waals surface area contributed by atoms with Crippen molar-refractivity contribution in [3.63, 3.8) is 0 Å². The van der Waals surface area contributed by atoms with Gasteiger partial charge in [-0.25, -0.2) is 0 Å². The first-order chi connectivity index (χ1) is 31.6. The Bertz CT molecular complexity index is 2310. The van der Waals surface area contributed by atoms with Crippen LogP contribution in [-0.2, 0) is 33.4 Å². The van der Waals surface area contributed by atoms with Gasteiger partial charge in [0.1, 0.15) is 25.6 Å². The molecule has 2 aliphatic carbocycles. The molecular weight excluding hydrogens is 821 g/mol. The number of ether oxygens (including phenoxy) is 3. The highest BCUT2D eigenvalue weighted by Crippen LogP contribution is 2.51. The summed E-state index contributed by atoms with van der Waals surface area (Å²) in [5.41, 5.74) is 3.08. The lowest BCUT2D eigenvalue weighted by molar-refractivity contribution is -0.149. The summed E-state index contributed by atoms with van der Waals surface area (Å²) in [6.07, 6.45) is 17.3. The first-order valence-corrected chi connectivity index (χ1v) is 24.3. The van der Waals surface area contributed by atoms with Gasteiger partial charge in [0.25, 0.3) is 0 Å². The smallest absolute Gasteiger partial charge is 0.305 e. The van der Waals surface area contributed by atoms with E-state index in [-0.39, 0.29) is 67.7 Å². The minimum absolute atomic E-state index is 0.0473. The predicted molar refractivity (Wildman–Crippen MR) is 258 cm³/mol. The first-order valence-electron chi connectivity index (χ1n) is 24.3. The number of nitrogens with zero attached hydrogens (tertiary/aromatic N) is 1. The fourth-order valence-electron chi connectivity index (χ4n) is 9.58. The van der Waals surface area contributed by atoms with Crippen molar-refractivity contribution in [2.45, 2.75) is 148 Å². The van der Waals surface area contributed by atoms with Gasteiger partial charge >= 0.3 is 17.9 Å². The van der Waals surface area contributed by atoms with Gasteiger partial charge in [-0.15, -0.1) is 0 Å². The number of hydrogen-bond donors (Lipinski definition) is 4. The van der Waals surface area contributed by atoms with Crippen LogP contribution in [0, 0.1) is 11.8 Å². The van der Waals surface area contributed by atoms with E-state index < -0.39 is 23.2 Å². The number of esters is 3. The molecule has 0 amide bonds. The summed E-state index contributed by atoms with van der Waals surface area (Å²) in [4.78, 5) is 59.4. The number of aliphatic hydroxyl groups excluding tert-OH is 1. The summed E-state index contributed by atoms with van der Waals surface area (Å²) in [5.74, 6) is -2.74. The molecule has 3 aromatic carbocycles. The number of carbonyl (C=O) groups is 4. The first kappa shape index (κ1) is 47.3. The average Bonchev–Trinajstić information content (AvgIpc) is 3.30. The average molecular weight is 889 g/mol. The van der Waals surface area contributed by atoms with Gasteiger partial charge in [0.05, 0.1) is 22.9 Å². The Morgan fingerprint density at radius 1 is 0.677 bits per heavy atom. The van der Waals surface area contributed by atoms with Gasteiger partial charge in [0.2, 0.25) is 0 Å². The Labute approximate surface area is 384 Å². The lowest BCUT2D eigenvalue weighted by atomic mass is 9.67. The van der Waals surface area contributed by atoms with Crippen molar-refractivity contribution in [3.05, 3.63) is 77.1 Å². The van der Waals surface area contributed by atoms with E-state index in [1.165, 1.54) is 0 Å². The van der Waals surface area contributed by atoms with Crippen LogP contribution in [0.2, 0.25) is 0 Å². The van der Waals surface area contributed by atoms with E-state index in [9.17, 15) is 24.3 Å². The van der Waals surface area contributed by atoms with Crippen LogP contribution in [0.3, 0.4) is 0 Å². The van der Waals surface area contributed by atoms with Crippen molar-refractivity contribution in [2.75, 3.05) is 35.8 Å². The van der Waals surface area contributed by atoms with Gasteiger partial charge in [0, 0.05) is 53.1 Å². The predicted octanol–water partition coefficient (Wildman–Crippen LogP) is 11.4. The molecule has 0 radical (unpaired) electrons. The lowest BCUT2D eigenvalue weighted by Gasteiger charge is -2.43. The van der Waals surface area contributed by atoms with E-state index in [4.69, 9.17) is 19.2 Å². The number of ketones is 1. The lowest BCUT2D eigenvalue weighted by Crippen LogP contribution is -2.56. The molecule has 0 fully saturated rings. The molecule has 0 saturated heterocycles. The van der Waals surface area contributed by atoms with Crippen molar-refractivity contribution in [1.82, 2.24) is 0 Å². The van der Waals surface area contributed by atoms with E-state index in [0.29, 0.717) is 48.3 Å². The Hall–Kier alpha value is -5.65. The standard InChI is InChI=1S/C53H68N4O8/c1-5-9-13-17-31-52(32-63-41(58)24-14-10-6-2)54-39-22-18-20-35-27-29-37(48(56-52)44(35)39)46-50(61)47(51(46)62)38-30-28-36-21-19-23-40-45(36)49(38)57-53(55-40,33-64-42(59)25-15-11-7-3)34-65-43(60)26-16-12-8-4/h18-23,27-30,37,46,54-55,57,61H,5-17,24-26,31-34H2,1-4H3. The molecule has 4 N–H and O–H groups in total. The molecule has 3 atom stereocenters. The summed E-state index contributed by atoms with van der Waals surface area (Å²) >= 11 is 0. The van der Waals surface area contributed by atoms with Crippen LogP contribution in [0.5, 0.6) is 0 Å². The molecule has 12 heteroatoms. The van der Waals surface area contributed by atoms with Crippen molar-refractivity contribution in [1.29, 1.82) is 0 Å². The zero-order valence-electron chi connectivity index (χ0n) is 38.8. The summed E-state index contributed by atoms with van der Waals surface area (Å²) < 4.78 is 17.8. The monoisotopic (exact) mass is 889 g/mol. The summed E-state index contributed by atoms with van der Waals surface area (Å²) in [6.45, 7) is 8.14. The quantitative estimate of drug-likeness (QED) is 0.0363. The number of aliphatic hydroxyl groups is 1. The number of hydrogen-bond acceptors (Lipinski definition) is 12. The third-order valence-corrected chi connectivity index (χ3v) is 13.2. The maximum atomic E-state index is 14.9. The molecule has 0 saturated carbocycles. The number of Topliss-reactive ketones (excluding diaryl/α,β-unsaturated/α-hetero) is 1. The van der Waals surface area contributed by atoms with Crippen LogP contribution in [0.25, 0.3) is 22.4 Å². The molecule has 3 unspecified atom stereocenters. The summed E-state index contributed by atoms with van der Waals surface area (Å²) in [6, 6.07) is 15.6. The van der Waals surface area contributed by atoms with Gasteiger partial charge in [-0.2, -0.15) is 0 Å². The van der Waals surface area contributed by atoms with E-state index in [1.54, 1.807) is 0 Å². The van der Waals surface area contributed by atoms with Crippen LogP contribution in [-0.4, -0.2) is 65.7 Å². The van der Waals surface area contributed by atoms with Crippen LogP contribution in [0.1, 0.15) is 154 Å². The Morgan fingerprint density at radius 2 is 1.28 bits per heavy atom. The zero-order chi connectivity index (χ0) is 46.0. The Morgan fingerprint density at radius 3 is 1.91 bits per heavy atom. The molecule has 2 aliphatic heterocycles. The van der Waals surface area contributed by atoms with Gasteiger partial charge in [-0.3, -0.25) is 24.2 Å². The molecule has 0 aromatic heterocycles. The Kier molecular flexibility index (Phi) is 15.7. The third kappa shape index (κ3) is 10.6. The van der Waals surface area contributed by atoms with E-state index >= 15 is 0 Å². The molecule has 3 aromatic rings. The number of benzene rings is 3. The third-order valence-electron chi connectivity index (χ3n) is 13.2. The van der Waals surface area contributed by atoms with Crippen LogP contribution < -0.4 is 16.0 Å². The largest absolute Gasteiger partial charge is 0.511 e. The molecule has 12 nitrogen and oxygen atoms in total. The molecular formula is C53H68N4O8. The van der Waals surface area contributed by atoms with Crippen molar-refractivity contribution < 1.29 is 38.5 Å². The maximum Gasteiger partial charge on any atom is 0.305 e. The van der Waals surface area contributed by atoms with Gasteiger partial charge in [-0.05, 0) is 55.2 Å². The van der Waals surface area contributed by atoms with Crippen LogP contribution >= 0.6 is 0 Å². The molecule has 7 rings (SSSR count). The highest BCUT2D eigenvalue weighted by Gasteiger charge is 2.51. The summed E-state index contributed by atoms with van der Waals surface area (Å²) in [7, 11) is 0. The fraction of sp³-hybridized carbons (Fsp3) is 0.528. The summed E-state index contributed by atoms with van der Waals surface area (Å²) in [5, 5.41) is 24.7. The topological polar surface area (TPSA) is 165 Å². The SMILES string of the molecule is CCCCCCC1(COC(=O)CCCCC)N=C2c3c(cccc3N1)C=CC2C1C(=O)C(c2ccc3cccc4c3c2NC(COC(=O)CCCCC)(COC(=O)CCCCC)N4)=C1O. The normalized spacial score (nSPS) is 19.9. The fourth-order valence-corrected chi connectivity index (χ4v) is 9.58. The molecule has 4 aliphatic rings. The van der Waals surface area contributed by atoms with Crippen molar-refractivity contribution in [3.8, 4) is 0 Å². The number of rotatable bonds is 25. The maximum absolute atomic E-state index is 14.9. The number of anilines is 3. The molecule has 0 bridgehead atoms. The van der Waals surface area contributed by atoms with E-state index in [0.717, 1.165) is 98.2 Å².